The molecule has 2 N–H and O–H groups in total. The molecule has 8 aliphatic carbocycles. The van der Waals surface area contributed by atoms with Gasteiger partial charge < -0.3 is 24.4 Å². The minimum atomic E-state index is -0.222. The van der Waals surface area contributed by atoms with Crippen molar-refractivity contribution in [3.05, 3.63) is 89.0 Å². The van der Waals surface area contributed by atoms with Gasteiger partial charge in [-0.25, -0.2) is 0 Å². The summed E-state index contributed by atoms with van der Waals surface area (Å²) in [6.45, 7) is 32.1. The summed E-state index contributed by atoms with van der Waals surface area (Å²) in [5.74, 6) is 7.75. The van der Waals surface area contributed by atoms with E-state index in [1.165, 1.54) is 93.7 Å². The van der Waals surface area contributed by atoms with Crippen molar-refractivity contribution in [2.24, 2.45) is 46.3 Å². The number of phenolic OH excluding ortho intramolecular Hbond substituents is 2. The van der Waals surface area contributed by atoms with Crippen LogP contribution in [-0.2, 0) is 21.7 Å². The van der Waals surface area contributed by atoms with E-state index in [2.05, 4.69) is 158 Å². The van der Waals surface area contributed by atoms with Gasteiger partial charge in [-0.3, -0.25) is 0 Å². The molecule has 8 bridgehead atoms. The molecule has 5 heteroatoms. The van der Waals surface area contributed by atoms with E-state index in [4.69, 9.17) is 14.2 Å². The summed E-state index contributed by atoms with van der Waals surface area (Å²) in [7, 11) is 0. The smallest absolute Gasteiger partial charge is 0.127 e. The summed E-state index contributed by atoms with van der Waals surface area (Å²) in [6, 6.07) is 24.0. The summed E-state index contributed by atoms with van der Waals surface area (Å²) in [6.07, 6.45) is 17.5. The quantitative estimate of drug-likeness (QED) is 0.117. The Kier molecular flexibility index (Phi) is 13.5. The average Bonchev–Trinajstić information content (AvgIpc) is 3.24. The molecule has 0 amide bonds. The zero-order valence-corrected chi connectivity index (χ0v) is 47.8. The van der Waals surface area contributed by atoms with Gasteiger partial charge in [0.2, 0.25) is 0 Å². The maximum atomic E-state index is 12.9. The van der Waals surface area contributed by atoms with Crippen molar-refractivity contribution < 1.29 is 24.4 Å². The highest BCUT2D eigenvalue weighted by Crippen LogP contribution is 2.65. The zero-order valence-electron chi connectivity index (χ0n) is 47.8. The Balaban J connectivity index is 0.975. The number of rotatable bonds is 16. The van der Waals surface area contributed by atoms with Gasteiger partial charge in [0.1, 0.15) is 28.7 Å². The third kappa shape index (κ3) is 10.7. The highest BCUT2D eigenvalue weighted by Gasteiger charge is 2.54. The van der Waals surface area contributed by atoms with Crippen molar-refractivity contribution in [3.8, 4) is 51.0 Å². The predicted molar refractivity (Wildman–Crippen MR) is 302 cm³/mol. The van der Waals surface area contributed by atoms with Crippen molar-refractivity contribution in [2.75, 3.05) is 0 Å². The van der Waals surface area contributed by atoms with Crippen molar-refractivity contribution in [1.82, 2.24) is 0 Å². The fraction of sp³-hybridized carbons (Fsp3) is 0.647. The molecule has 73 heavy (non-hydrogen) atoms. The van der Waals surface area contributed by atoms with Crippen LogP contribution in [0.4, 0.5) is 0 Å². The first kappa shape index (κ1) is 52.3. The number of hydrogen-bond donors (Lipinski definition) is 2. The van der Waals surface area contributed by atoms with Crippen LogP contribution in [0.3, 0.4) is 0 Å². The van der Waals surface area contributed by atoms with Gasteiger partial charge in [0.25, 0.3) is 0 Å². The number of phenols is 2. The van der Waals surface area contributed by atoms with Crippen LogP contribution in [0.15, 0.2) is 66.7 Å². The van der Waals surface area contributed by atoms with E-state index in [0.717, 1.165) is 93.4 Å². The van der Waals surface area contributed by atoms with Crippen LogP contribution >= 0.6 is 0 Å². The second kappa shape index (κ2) is 18.9. The summed E-state index contributed by atoms with van der Waals surface area (Å²) in [4.78, 5) is 0. The zero-order chi connectivity index (χ0) is 52.2. The minimum absolute atomic E-state index is 0.00194. The van der Waals surface area contributed by atoms with E-state index in [0.29, 0.717) is 17.9 Å². The van der Waals surface area contributed by atoms with E-state index in [1.807, 2.05) is 6.07 Å². The lowest BCUT2D eigenvalue weighted by atomic mass is 9.47. The summed E-state index contributed by atoms with van der Waals surface area (Å²) >= 11 is 0. The van der Waals surface area contributed by atoms with Crippen molar-refractivity contribution in [2.45, 2.75) is 233 Å². The van der Waals surface area contributed by atoms with Crippen LogP contribution in [-0.4, -0.2) is 28.5 Å². The molecule has 0 aliphatic heterocycles. The van der Waals surface area contributed by atoms with Gasteiger partial charge in [-0.2, -0.15) is 0 Å². The molecule has 8 saturated carbocycles. The van der Waals surface area contributed by atoms with E-state index >= 15 is 0 Å². The lowest BCUT2D eigenvalue weighted by Crippen LogP contribution is -2.48. The fourth-order valence-electron chi connectivity index (χ4n) is 18.0. The van der Waals surface area contributed by atoms with Gasteiger partial charge >= 0.3 is 0 Å². The van der Waals surface area contributed by atoms with Crippen LogP contribution in [0, 0.1) is 46.3 Å². The lowest BCUT2D eigenvalue weighted by molar-refractivity contribution is -0.00632. The van der Waals surface area contributed by atoms with Crippen LogP contribution < -0.4 is 14.2 Å². The van der Waals surface area contributed by atoms with E-state index in [9.17, 15) is 10.2 Å². The van der Waals surface area contributed by atoms with Crippen molar-refractivity contribution >= 4 is 0 Å². The molecule has 0 aromatic heterocycles. The minimum Gasteiger partial charge on any atom is -0.507 e. The largest absolute Gasteiger partial charge is 0.507 e. The molecule has 0 unspecified atom stereocenters. The molecule has 4 aromatic rings. The number of hydrogen-bond acceptors (Lipinski definition) is 5. The van der Waals surface area contributed by atoms with Crippen LogP contribution in [0.25, 0.3) is 22.3 Å². The molecule has 2 atom stereocenters. The maximum Gasteiger partial charge on any atom is 0.127 e. The van der Waals surface area contributed by atoms with Crippen molar-refractivity contribution in [3.63, 3.8) is 0 Å². The molecule has 8 fully saturated rings. The van der Waals surface area contributed by atoms with Gasteiger partial charge in [-0.15, -0.1) is 0 Å². The first-order chi connectivity index (χ1) is 34.2. The summed E-state index contributed by atoms with van der Waals surface area (Å²) in [5.41, 5.74) is 8.60. The Morgan fingerprint density at radius 1 is 0.466 bits per heavy atom. The molecular weight excluding hydrogens is 897 g/mol. The molecule has 0 heterocycles. The highest BCUT2D eigenvalue weighted by atomic mass is 16.5. The molecule has 8 aliphatic rings. The Morgan fingerprint density at radius 3 is 1.25 bits per heavy atom. The molecule has 396 valence electrons. The van der Waals surface area contributed by atoms with Gasteiger partial charge in [0.05, 0.1) is 18.3 Å². The van der Waals surface area contributed by atoms with Crippen LogP contribution in [0.2, 0.25) is 0 Å². The Labute approximate surface area is 442 Å². The summed E-state index contributed by atoms with van der Waals surface area (Å²) in [5, 5.41) is 25.7. The molecule has 0 saturated heterocycles. The second-order valence-electron chi connectivity index (χ2n) is 29.9. The average molecular weight is 991 g/mol. The normalized spacial score (nSPS) is 28.4. The van der Waals surface area contributed by atoms with Gasteiger partial charge in [-0.05, 0) is 233 Å². The van der Waals surface area contributed by atoms with Crippen LogP contribution in [0.5, 0.6) is 28.7 Å². The number of para-hydroxylation sites is 1. The van der Waals surface area contributed by atoms with E-state index in [-0.39, 0.29) is 50.8 Å². The topological polar surface area (TPSA) is 68.2 Å². The highest BCUT2D eigenvalue weighted by molar-refractivity contribution is 5.80. The molecular formula is C68H94O5. The number of ether oxygens (including phenoxy) is 3. The van der Waals surface area contributed by atoms with Crippen molar-refractivity contribution in [1.29, 1.82) is 0 Å². The van der Waals surface area contributed by atoms with Gasteiger partial charge in [0, 0.05) is 39.8 Å². The monoisotopic (exact) mass is 991 g/mol. The Bertz CT molecular complexity index is 2600. The fourth-order valence-corrected chi connectivity index (χ4v) is 18.0. The molecule has 0 radical (unpaired) electrons. The Hall–Kier alpha value is -4.12. The lowest BCUT2D eigenvalue weighted by Gasteiger charge is -2.57. The van der Waals surface area contributed by atoms with E-state index in [1.54, 1.807) is 0 Å². The van der Waals surface area contributed by atoms with Gasteiger partial charge in [0.15, 0.2) is 0 Å². The van der Waals surface area contributed by atoms with Crippen LogP contribution in [0.1, 0.15) is 215 Å². The van der Waals surface area contributed by atoms with Gasteiger partial charge in [-0.1, -0.05) is 99.6 Å². The molecule has 5 nitrogen and oxygen atoms in total. The third-order valence-corrected chi connectivity index (χ3v) is 19.1. The predicted octanol–water partition coefficient (Wildman–Crippen LogP) is 18.2. The maximum absolute atomic E-state index is 12.9. The summed E-state index contributed by atoms with van der Waals surface area (Å²) < 4.78 is 20.5. The molecule has 12 rings (SSSR count). The molecule has 4 aromatic carbocycles. The SMILES string of the molecule is CC(C)Oc1ccc(O[C@H](C)C[C@@H](C)Oc2ccccc2-c2cc(C(C)(C)CC(C)(C)C)cc(C34CC5CC(CC(C5)C3)C4)c2O)c(-c2cc(C(C)(C)CC(C)(C)C)cc(C34CC5CC(CC(C5)C3)C4)c2O)c1. The number of benzene rings is 4. The third-order valence-electron chi connectivity index (χ3n) is 19.1. The number of aromatic hydroxyl groups is 2. The Morgan fingerprint density at radius 2 is 0.849 bits per heavy atom. The second-order valence-corrected chi connectivity index (χ2v) is 29.9. The first-order valence-electron chi connectivity index (χ1n) is 29.2. The van der Waals surface area contributed by atoms with E-state index < -0.39 is 0 Å². The standard InChI is InChI=1S/C68H94O5/c1-41(2)71-52-19-20-60(54(32-52)56-29-51(66(13,14)40-64(8,9)10)31-58(62(56)70)68-36-47-25-48(37-68)27-49(26-47)38-68)73-43(4)21-42(3)72-59-18-16-15-17-53(59)55-28-50(65(11,12)39-63(5,6)7)30-57(61(55)69)67-33-44-22-45(34-67)24-46(23-44)35-67/h15-20,28-32,41-49,69-70H,21-27,33-40H2,1-14H3/t42-,43-,44?,45?,46?,47?,48?,49?,67?,68?/m1/s1. The first-order valence-corrected chi connectivity index (χ1v) is 29.2. The molecule has 0 spiro atoms.